The molecule has 118 valence electrons. The van der Waals surface area contributed by atoms with Crippen molar-refractivity contribution in [2.75, 3.05) is 0 Å². The topological polar surface area (TPSA) is 48.1 Å². The fraction of sp³-hybridized carbons (Fsp3) is 0.667. The molecule has 1 aromatic rings. The zero-order chi connectivity index (χ0) is 15.5. The summed E-state index contributed by atoms with van der Waals surface area (Å²) in [6, 6.07) is 2.30. The quantitative estimate of drug-likeness (QED) is 0.917. The van der Waals surface area contributed by atoms with Crippen molar-refractivity contribution in [3.8, 4) is 5.88 Å². The summed E-state index contributed by atoms with van der Waals surface area (Å²) >= 11 is 0. The van der Waals surface area contributed by atoms with Crippen molar-refractivity contribution in [3.63, 3.8) is 0 Å². The van der Waals surface area contributed by atoms with Crippen molar-refractivity contribution in [1.29, 1.82) is 0 Å². The van der Waals surface area contributed by atoms with Crippen molar-refractivity contribution < 1.29 is 17.9 Å². The third kappa shape index (κ3) is 4.09. The maximum Gasteiger partial charge on any atom is 0.433 e. The van der Waals surface area contributed by atoms with Crippen molar-refractivity contribution >= 4 is 0 Å². The predicted molar refractivity (Wildman–Crippen MR) is 73.8 cm³/mol. The standard InChI is InChI=1S/C15H21F3N2O/c1-2-10-3-6-12(7-4-10)21-14-11(9-19)5-8-13(20-14)15(16,17)18/h5,8,10,12H,2-4,6-7,9,19H2,1H3. The molecule has 0 spiro atoms. The van der Waals surface area contributed by atoms with Crippen LogP contribution in [0.2, 0.25) is 0 Å². The summed E-state index contributed by atoms with van der Waals surface area (Å²) in [7, 11) is 0. The van der Waals surface area contributed by atoms with E-state index in [-0.39, 0.29) is 18.5 Å². The lowest BCUT2D eigenvalue weighted by Gasteiger charge is -2.28. The second-order valence-electron chi connectivity index (χ2n) is 5.53. The van der Waals surface area contributed by atoms with E-state index >= 15 is 0 Å². The van der Waals surface area contributed by atoms with Gasteiger partial charge in [0.2, 0.25) is 5.88 Å². The lowest BCUT2D eigenvalue weighted by Crippen LogP contribution is -2.25. The van der Waals surface area contributed by atoms with Crippen molar-refractivity contribution in [1.82, 2.24) is 4.98 Å². The number of pyridine rings is 1. The van der Waals surface area contributed by atoms with Gasteiger partial charge in [0.15, 0.2) is 0 Å². The van der Waals surface area contributed by atoms with Crippen molar-refractivity contribution in [2.24, 2.45) is 11.7 Å². The van der Waals surface area contributed by atoms with E-state index in [1.54, 1.807) is 0 Å². The fourth-order valence-corrected chi connectivity index (χ4v) is 2.70. The number of nitrogens with two attached hydrogens (primary N) is 1. The zero-order valence-electron chi connectivity index (χ0n) is 12.1. The molecule has 1 aliphatic carbocycles. The largest absolute Gasteiger partial charge is 0.474 e. The third-order valence-corrected chi connectivity index (χ3v) is 4.10. The Morgan fingerprint density at radius 1 is 1.24 bits per heavy atom. The van der Waals surface area contributed by atoms with E-state index in [9.17, 15) is 13.2 Å². The Bertz CT molecular complexity index is 468. The van der Waals surface area contributed by atoms with Gasteiger partial charge in [-0.15, -0.1) is 0 Å². The second kappa shape index (κ2) is 6.64. The molecular weight excluding hydrogens is 281 g/mol. The average Bonchev–Trinajstić information content (AvgIpc) is 2.47. The van der Waals surface area contributed by atoms with E-state index in [0.29, 0.717) is 11.5 Å². The third-order valence-electron chi connectivity index (χ3n) is 4.10. The van der Waals surface area contributed by atoms with Gasteiger partial charge in [-0.1, -0.05) is 19.4 Å². The Kier molecular flexibility index (Phi) is 5.08. The van der Waals surface area contributed by atoms with Gasteiger partial charge in [-0.05, 0) is 37.7 Å². The number of nitrogens with zero attached hydrogens (tertiary/aromatic N) is 1. The number of hydrogen-bond acceptors (Lipinski definition) is 3. The van der Waals surface area contributed by atoms with Crippen LogP contribution >= 0.6 is 0 Å². The summed E-state index contributed by atoms with van der Waals surface area (Å²) in [4.78, 5) is 3.62. The number of alkyl halides is 3. The first-order valence-electron chi connectivity index (χ1n) is 7.37. The van der Waals surface area contributed by atoms with Gasteiger partial charge in [-0.25, -0.2) is 4.98 Å². The number of aromatic nitrogens is 1. The average molecular weight is 302 g/mol. The molecule has 1 saturated carbocycles. The molecule has 0 atom stereocenters. The lowest BCUT2D eigenvalue weighted by molar-refractivity contribution is -0.141. The molecule has 0 bridgehead atoms. The van der Waals surface area contributed by atoms with Crippen LogP contribution in [0.4, 0.5) is 13.2 Å². The van der Waals surface area contributed by atoms with Crippen LogP contribution in [0.5, 0.6) is 5.88 Å². The number of ether oxygens (including phenoxy) is 1. The van der Waals surface area contributed by atoms with Crippen LogP contribution in [-0.2, 0) is 12.7 Å². The minimum absolute atomic E-state index is 0.0345. The molecule has 0 saturated heterocycles. The molecule has 6 heteroatoms. The van der Waals surface area contributed by atoms with Gasteiger partial charge in [0.25, 0.3) is 0 Å². The Balaban J connectivity index is 2.11. The Morgan fingerprint density at radius 3 is 2.43 bits per heavy atom. The number of hydrogen-bond donors (Lipinski definition) is 1. The normalized spacial score (nSPS) is 23.1. The molecule has 1 heterocycles. The molecule has 1 aliphatic rings. The highest BCUT2D eigenvalue weighted by atomic mass is 19.4. The van der Waals surface area contributed by atoms with Gasteiger partial charge in [0.1, 0.15) is 11.8 Å². The van der Waals surface area contributed by atoms with E-state index in [1.165, 1.54) is 6.07 Å². The first kappa shape index (κ1) is 16.1. The van der Waals surface area contributed by atoms with Crippen LogP contribution in [0, 0.1) is 5.92 Å². The number of halogens is 3. The first-order valence-corrected chi connectivity index (χ1v) is 7.37. The molecule has 0 amide bonds. The molecule has 3 nitrogen and oxygen atoms in total. The summed E-state index contributed by atoms with van der Waals surface area (Å²) < 4.78 is 43.9. The highest BCUT2D eigenvalue weighted by molar-refractivity contribution is 5.29. The molecule has 1 fully saturated rings. The molecule has 0 unspecified atom stereocenters. The van der Waals surface area contributed by atoms with Crippen LogP contribution in [0.25, 0.3) is 0 Å². The Hall–Kier alpha value is -1.30. The van der Waals surface area contributed by atoms with E-state index in [1.807, 2.05) is 0 Å². The summed E-state index contributed by atoms with van der Waals surface area (Å²) in [5.41, 5.74) is 5.14. The lowest BCUT2D eigenvalue weighted by atomic mass is 9.86. The molecule has 2 rings (SSSR count). The molecule has 1 aromatic heterocycles. The molecule has 0 aliphatic heterocycles. The monoisotopic (exact) mass is 302 g/mol. The van der Waals surface area contributed by atoms with Gasteiger partial charge < -0.3 is 10.5 Å². The molecule has 21 heavy (non-hydrogen) atoms. The van der Waals surface area contributed by atoms with Gasteiger partial charge in [-0.2, -0.15) is 13.2 Å². The van der Waals surface area contributed by atoms with E-state index in [4.69, 9.17) is 10.5 Å². The van der Waals surface area contributed by atoms with Crippen molar-refractivity contribution in [2.45, 2.75) is 57.9 Å². The Labute approximate surface area is 122 Å². The van der Waals surface area contributed by atoms with Crippen LogP contribution in [-0.4, -0.2) is 11.1 Å². The van der Waals surface area contributed by atoms with E-state index in [2.05, 4.69) is 11.9 Å². The summed E-state index contributed by atoms with van der Waals surface area (Å²) in [6.45, 7) is 2.28. The SMILES string of the molecule is CCC1CCC(Oc2nc(C(F)(F)F)ccc2CN)CC1. The highest BCUT2D eigenvalue weighted by Gasteiger charge is 2.33. The highest BCUT2D eigenvalue weighted by Crippen LogP contribution is 2.33. The predicted octanol–water partition coefficient (Wildman–Crippen LogP) is 3.91. The van der Waals surface area contributed by atoms with Crippen LogP contribution in [0.15, 0.2) is 12.1 Å². The summed E-state index contributed by atoms with van der Waals surface area (Å²) in [6.07, 6.45) is 0.444. The van der Waals surface area contributed by atoms with Gasteiger partial charge >= 0.3 is 6.18 Å². The second-order valence-corrected chi connectivity index (χ2v) is 5.53. The summed E-state index contributed by atoms with van der Waals surface area (Å²) in [5.74, 6) is 0.737. The van der Waals surface area contributed by atoms with Gasteiger partial charge in [0, 0.05) is 12.1 Å². The van der Waals surface area contributed by atoms with Gasteiger partial charge in [-0.3, -0.25) is 0 Å². The molecular formula is C15H21F3N2O. The van der Waals surface area contributed by atoms with Crippen molar-refractivity contribution in [3.05, 3.63) is 23.4 Å². The Morgan fingerprint density at radius 2 is 1.90 bits per heavy atom. The van der Waals surface area contributed by atoms with Gasteiger partial charge in [0.05, 0.1) is 0 Å². The molecule has 0 aromatic carbocycles. The fourth-order valence-electron chi connectivity index (χ4n) is 2.70. The van der Waals surface area contributed by atoms with E-state index < -0.39 is 11.9 Å². The molecule has 2 N–H and O–H groups in total. The molecule has 0 radical (unpaired) electrons. The zero-order valence-corrected chi connectivity index (χ0v) is 12.1. The number of rotatable bonds is 4. The van der Waals surface area contributed by atoms with Crippen LogP contribution < -0.4 is 10.5 Å². The maximum atomic E-state index is 12.7. The van der Waals surface area contributed by atoms with Crippen LogP contribution in [0.3, 0.4) is 0 Å². The van der Waals surface area contributed by atoms with Crippen LogP contribution in [0.1, 0.15) is 50.3 Å². The summed E-state index contributed by atoms with van der Waals surface area (Å²) in [5, 5.41) is 0. The minimum atomic E-state index is -4.47. The minimum Gasteiger partial charge on any atom is -0.474 e. The first-order chi connectivity index (χ1) is 9.94. The van der Waals surface area contributed by atoms with E-state index in [0.717, 1.165) is 38.2 Å². The maximum absolute atomic E-state index is 12.7. The smallest absolute Gasteiger partial charge is 0.433 e.